The average Bonchev–Trinajstić information content (AvgIpc) is 2.21. The van der Waals surface area contributed by atoms with E-state index >= 15 is 0 Å². The van der Waals surface area contributed by atoms with E-state index in [0.29, 0.717) is 11.4 Å². The topological polar surface area (TPSA) is 69.4 Å². The molecule has 0 bridgehead atoms. The van der Waals surface area contributed by atoms with Gasteiger partial charge in [-0.05, 0) is 30.7 Å². The Hall–Kier alpha value is -1.23. The molecular formula is C11H17NO3S. The molecule has 0 saturated heterocycles. The Morgan fingerprint density at radius 2 is 2.06 bits per heavy atom. The summed E-state index contributed by atoms with van der Waals surface area (Å²) in [6, 6.07) is 5.28. The van der Waals surface area contributed by atoms with Crippen molar-refractivity contribution in [3.63, 3.8) is 0 Å². The monoisotopic (exact) mass is 243 g/mol. The van der Waals surface area contributed by atoms with Gasteiger partial charge in [-0.15, -0.1) is 0 Å². The van der Waals surface area contributed by atoms with Crippen molar-refractivity contribution in [1.29, 1.82) is 0 Å². The lowest BCUT2D eigenvalue weighted by atomic mass is 10.2. The first kappa shape index (κ1) is 12.8. The van der Waals surface area contributed by atoms with Crippen LogP contribution in [-0.4, -0.2) is 26.5 Å². The minimum absolute atomic E-state index is 0.0489. The minimum Gasteiger partial charge on any atom is -0.492 e. The van der Waals surface area contributed by atoms with Crippen LogP contribution < -0.4 is 10.5 Å². The Bertz CT molecular complexity index is 454. The molecular weight excluding hydrogens is 226 g/mol. The summed E-state index contributed by atoms with van der Waals surface area (Å²) in [5, 5.41) is 0. The molecule has 1 aromatic carbocycles. The third-order valence-electron chi connectivity index (χ3n) is 2.29. The summed E-state index contributed by atoms with van der Waals surface area (Å²) < 4.78 is 27.9. The summed E-state index contributed by atoms with van der Waals surface area (Å²) in [6.07, 6.45) is 0. The molecule has 0 aliphatic heterocycles. The normalized spacial score (nSPS) is 11.4. The van der Waals surface area contributed by atoms with Gasteiger partial charge in [0.1, 0.15) is 12.4 Å². The SMILES string of the molecule is CCS(=O)(=O)CCOc1ccc(N)cc1C. The third-order valence-corrected chi connectivity index (χ3v) is 3.96. The van der Waals surface area contributed by atoms with Crippen LogP contribution in [0.3, 0.4) is 0 Å². The quantitative estimate of drug-likeness (QED) is 0.793. The van der Waals surface area contributed by atoms with E-state index in [1.807, 2.05) is 6.92 Å². The smallest absolute Gasteiger partial charge is 0.153 e. The Labute approximate surface area is 96.3 Å². The van der Waals surface area contributed by atoms with Gasteiger partial charge < -0.3 is 10.5 Å². The van der Waals surface area contributed by atoms with E-state index in [2.05, 4.69) is 0 Å². The first-order valence-corrected chi connectivity index (χ1v) is 6.96. The summed E-state index contributed by atoms with van der Waals surface area (Å²) >= 11 is 0. The van der Waals surface area contributed by atoms with Gasteiger partial charge in [0.2, 0.25) is 0 Å². The van der Waals surface area contributed by atoms with Crippen LogP contribution in [0, 0.1) is 6.92 Å². The number of hydrogen-bond donors (Lipinski definition) is 1. The van der Waals surface area contributed by atoms with E-state index in [4.69, 9.17) is 10.5 Å². The van der Waals surface area contributed by atoms with Crippen LogP contribution in [0.15, 0.2) is 18.2 Å². The lowest BCUT2D eigenvalue weighted by molar-refractivity contribution is 0.338. The molecule has 2 N–H and O–H groups in total. The van der Waals surface area contributed by atoms with Crippen molar-refractivity contribution in [2.75, 3.05) is 23.8 Å². The molecule has 1 aromatic rings. The van der Waals surface area contributed by atoms with Gasteiger partial charge in [-0.1, -0.05) is 6.92 Å². The molecule has 90 valence electrons. The molecule has 0 aliphatic carbocycles. The van der Waals surface area contributed by atoms with Gasteiger partial charge in [0, 0.05) is 11.4 Å². The molecule has 0 spiro atoms. The summed E-state index contributed by atoms with van der Waals surface area (Å²) in [4.78, 5) is 0. The standard InChI is InChI=1S/C11H17NO3S/c1-3-16(13,14)7-6-15-11-5-4-10(12)8-9(11)2/h4-5,8H,3,6-7,12H2,1-2H3. The van der Waals surface area contributed by atoms with Gasteiger partial charge >= 0.3 is 0 Å². The average molecular weight is 243 g/mol. The number of aryl methyl sites for hydroxylation is 1. The van der Waals surface area contributed by atoms with Crippen molar-refractivity contribution in [2.24, 2.45) is 0 Å². The van der Waals surface area contributed by atoms with E-state index in [1.165, 1.54) is 0 Å². The Kier molecular flexibility index (Phi) is 4.18. The maximum absolute atomic E-state index is 11.2. The van der Waals surface area contributed by atoms with Crippen molar-refractivity contribution < 1.29 is 13.2 Å². The van der Waals surface area contributed by atoms with Crippen molar-refractivity contribution in [3.8, 4) is 5.75 Å². The summed E-state index contributed by atoms with van der Waals surface area (Å²) in [5.41, 5.74) is 7.18. The van der Waals surface area contributed by atoms with Crippen LogP contribution in [0.25, 0.3) is 0 Å². The van der Waals surface area contributed by atoms with Crippen molar-refractivity contribution in [2.45, 2.75) is 13.8 Å². The maximum Gasteiger partial charge on any atom is 0.153 e. The second kappa shape index (κ2) is 5.21. The predicted molar refractivity (Wildman–Crippen MR) is 65.4 cm³/mol. The van der Waals surface area contributed by atoms with E-state index in [1.54, 1.807) is 25.1 Å². The zero-order valence-electron chi connectivity index (χ0n) is 9.56. The molecule has 0 amide bonds. The Morgan fingerprint density at radius 3 is 2.62 bits per heavy atom. The maximum atomic E-state index is 11.2. The molecule has 16 heavy (non-hydrogen) atoms. The molecule has 0 aromatic heterocycles. The fraction of sp³-hybridized carbons (Fsp3) is 0.455. The van der Waals surface area contributed by atoms with Gasteiger partial charge in [-0.25, -0.2) is 8.42 Å². The fourth-order valence-corrected chi connectivity index (χ4v) is 1.88. The zero-order chi connectivity index (χ0) is 12.2. The molecule has 4 nitrogen and oxygen atoms in total. The number of ether oxygens (including phenoxy) is 1. The summed E-state index contributed by atoms with van der Waals surface area (Å²) in [6.45, 7) is 3.69. The van der Waals surface area contributed by atoms with Gasteiger partial charge in [0.05, 0.1) is 5.75 Å². The van der Waals surface area contributed by atoms with Crippen molar-refractivity contribution >= 4 is 15.5 Å². The first-order chi connectivity index (χ1) is 7.44. The second-order valence-electron chi connectivity index (χ2n) is 3.61. The van der Waals surface area contributed by atoms with Crippen LogP contribution in [-0.2, 0) is 9.84 Å². The summed E-state index contributed by atoms with van der Waals surface area (Å²) in [7, 11) is -2.96. The molecule has 0 heterocycles. The van der Waals surface area contributed by atoms with Crippen molar-refractivity contribution in [3.05, 3.63) is 23.8 Å². The van der Waals surface area contributed by atoms with Gasteiger partial charge in [-0.3, -0.25) is 0 Å². The molecule has 0 radical (unpaired) electrons. The van der Waals surface area contributed by atoms with Crippen LogP contribution in [0.4, 0.5) is 5.69 Å². The van der Waals surface area contributed by atoms with Crippen LogP contribution in [0.1, 0.15) is 12.5 Å². The van der Waals surface area contributed by atoms with E-state index in [0.717, 1.165) is 5.56 Å². The van der Waals surface area contributed by atoms with Crippen LogP contribution in [0.5, 0.6) is 5.75 Å². The fourth-order valence-electron chi connectivity index (χ4n) is 1.26. The molecule has 0 unspecified atom stereocenters. The number of benzene rings is 1. The highest BCUT2D eigenvalue weighted by Gasteiger charge is 2.08. The van der Waals surface area contributed by atoms with Crippen molar-refractivity contribution in [1.82, 2.24) is 0 Å². The first-order valence-electron chi connectivity index (χ1n) is 5.14. The van der Waals surface area contributed by atoms with E-state index < -0.39 is 9.84 Å². The van der Waals surface area contributed by atoms with Gasteiger partial charge in [0.25, 0.3) is 0 Å². The molecule has 0 atom stereocenters. The molecule has 1 rings (SSSR count). The third kappa shape index (κ3) is 3.73. The number of nitrogens with two attached hydrogens (primary N) is 1. The number of hydrogen-bond acceptors (Lipinski definition) is 4. The van der Waals surface area contributed by atoms with Gasteiger partial charge in [-0.2, -0.15) is 0 Å². The lowest BCUT2D eigenvalue weighted by Crippen LogP contribution is -2.15. The largest absolute Gasteiger partial charge is 0.492 e. The number of sulfone groups is 1. The molecule has 0 saturated carbocycles. The molecule has 0 fully saturated rings. The number of rotatable bonds is 5. The Morgan fingerprint density at radius 1 is 1.38 bits per heavy atom. The van der Waals surface area contributed by atoms with Crippen LogP contribution >= 0.6 is 0 Å². The minimum atomic E-state index is -2.96. The zero-order valence-corrected chi connectivity index (χ0v) is 10.4. The second-order valence-corrected chi connectivity index (χ2v) is 6.08. The summed E-state index contributed by atoms with van der Waals surface area (Å²) in [5.74, 6) is 0.880. The number of anilines is 1. The highest BCUT2D eigenvalue weighted by Crippen LogP contribution is 2.19. The molecule has 0 aliphatic rings. The highest BCUT2D eigenvalue weighted by atomic mass is 32.2. The predicted octanol–water partition coefficient (Wildman–Crippen LogP) is 1.39. The lowest BCUT2D eigenvalue weighted by Gasteiger charge is -2.09. The van der Waals surface area contributed by atoms with E-state index in [9.17, 15) is 8.42 Å². The highest BCUT2D eigenvalue weighted by molar-refractivity contribution is 7.91. The molecule has 5 heteroatoms. The van der Waals surface area contributed by atoms with E-state index in [-0.39, 0.29) is 18.1 Å². The Balaban J connectivity index is 2.56. The number of nitrogen functional groups attached to an aromatic ring is 1. The van der Waals surface area contributed by atoms with Gasteiger partial charge in [0.15, 0.2) is 9.84 Å². The van der Waals surface area contributed by atoms with Crippen LogP contribution in [0.2, 0.25) is 0 Å².